The summed E-state index contributed by atoms with van der Waals surface area (Å²) in [6.45, 7) is 8.47. The Morgan fingerprint density at radius 2 is 1.38 bits per heavy atom. The summed E-state index contributed by atoms with van der Waals surface area (Å²) >= 11 is 0. The van der Waals surface area contributed by atoms with E-state index in [1.165, 1.54) is 11.1 Å². The summed E-state index contributed by atoms with van der Waals surface area (Å²) in [6.07, 6.45) is 4.38. The first kappa shape index (κ1) is 26.2. The number of hydrogen-bond donors (Lipinski definition) is 0. The Morgan fingerprint density at radius 1 is 0.808 bits per heavy atom. The summed E-state index contributed by atoms with van der Waals surface area (Å²) in [4.78, 5) is 0. The molecule has 142 valence electrons. The van der Waals surface area contributed by atoms with E-state index < -0.39 is 0 Å². The molecule has 1 heterocycles. The molecule has 1 aromatic carbocycles. The standard InChI is InChI=1S/C19H30O5.Zn.Zr/c1-3-5-7-20-8-9-21-10-11-22-14-17-13-19-18(23-15-24-19)12-16(17)6-4-2;;/h12-13H,3-11,14-15H2,1-2H3;;. The van der Waals surface area contributed by atoms with Crippen LogP contribution in [-0.2, 0) is 72.9 Å². The van der Waals surface area contributed by atoms with Gasteiger partial charge in [0, 0.05) is 52.3 Å². The van der Waals surface area contributed by atoms with Gasteiger partial charge in [-0.3, -0.25) is 0 Å². The third kappa shape index (κ3) is 9.42. The molecule has 0 aromatic heterocycles. The van der Waals surface area contributed by atoms with Crippen LogP contribution in [0, 0.1) is 0 Å². The quantitative estimate of drug-likeness (QED) is 0.309. The van der Waals surface area contributed by atoms with E-state index in [4.69, 9.17) is 23.7 Å². The van der Waals surface area contributed by atoms with E-state index >= 15 is 0 Å². The van der Waals surface area contributed by atoms with E-state index in [-0.39, 0.29) is 45.7 Å². The SMILES string of the molecule is CCCCOCCOCCOCc1cc2c(cc1CCC)OCO2.[Zn].[Zr]. The molecule has 2 rings (SSSR count). The Kier molecular flexibility index (Phi) is 16.3. The average Bonchev–Trinajstić information content (AvgIpc) is 3.04. The van der Waals surface area contributed by atoms with Gasteiger partial charge in [-0.25, -0.2) is 0 Å². The normalized spacial score (nSPS) is 11.8. The molecular weight excluding hydrogens is 465 g/mol. The van der Waals surface area contributed by atoms with Gasteiger partial charge in [0.05, 0.1) is 33.0 Å². The van der Waals surface area contributed by atoms with Crippen LogP contribution in [0.5, 0.6) is 11.5 Å². The molecule has 7 heteroatoms. The fraction of sp³-hybridized carbons (Fsp3) is 0.684. The number of rotatable bonds is 13. The van der Waals surface area contributed by atoms with Gasteiger partial charge in [-0.2, -0.15) is 0 Å². The van der Waals surface area contributed by atoms with Gasteiger partial charge >= 0.3 is 0 Å². The molecule has 1 aromatic rings. The summed E-state index contributed by atoms with van der Waals surface area (Å²) < 4.78 is 27.6. The zero-order valence-corrected chi connectivity index (χ0v) is 21.6. The number of aryl methyl sites for hydroxylation is 1. The molecule has 0 saturated carbocycles. The zero-order chi connectivity index (χ0) is 17.0. The van der Waals surface area contributed by atoms with Crippen LogP contribution in [0.25, 0.3) is 0 Å². The van der Waals surface area contributed by atoms with Crippen molar-refractivity contribution in [3.63, 3.8) is 0 Å². The summed E-state index contributed by atoms with van der Waals surface area (Å²) in [6, 6.07) is 4.12. The van der Waals surface area contributed by atoms with E-state index in [0.717, 1.165) is 43.8 Å². The number of benzene rings is 1. The topological polar surface area (TPSA) is 46.2 Å². The van der Waals surface area contributed by atoms with E-state index in [1.54, 1.807) is 0 Å². The number of hydrogen-bond acceptors (Lipinski definition) is 5. The van der Waals surface area contributed by atoms with Crippen molar-refractivity contribution < 1.29 is 69.4 Å². The Morgan fingerprint density at radius 3 is 2.00 bits per heavy atom. The molecule has 0 N–H and O–H groups in total. The van der Waals surface area contributed by atoms with Crippen molar-refractivity contribution in [2.45, 2.75) is 46.1 Å². The molecule has 1 aliphatic heterocycles. The van der Waals surface area contributed by atoms with E-state index in [0.29, 0.717) is 39.8 Å². The smallest absolute Gasteiger partial charge is 0.231 e. The van der Waals surface area contributed by atoms with E-state index in [1.807, 2.05) is 6.07 Å². The van der Waals surface area contributed by atoms with Crippen LogP contribution in [0.1, 0.15) is 44.2 Å². The number of fused-ring (bicyclic) bond motifs is 1. The molecule has 1 aliphatic rings. The van der Waals surface area contributed by atoms with Crippen LogP contribution in [0.15, 0.2) is 12.1 Å². The average molecular weight is 495 g/mol. The van der Waals surface area contributed by atoms with Gasteiger partial charge in [0.2, 0.25) is 6.79 Å². The first-order chi connectivity index (χ1) is 11.8. The van der Waals surface area contributed by atoms with Crippen molar-refractivity contribution >= 4 is 0 Å². The molecule has 26 heavy (non-hydrogen) atoms. The summed E-state index contributed by atoms with van der Waals surface area (Å²) in [5, 5.41) is 0. The van der Waals surface area contributed by atoms with Crippen LogP contribution >= 0.6 is 0 Å². The van der Waals surface area contributed by atoms with Crippen LogP contribution in [0.3, 0.4) is 0 Å². The first-order valence-corrected chi connectivity index (χ1v) is 8.99. The summed E-state index contributed by atoms with van der Waals surface area (Å²) in [5.41, 5.74) is 2.44. The minimum Gasteiger partial charge on any atom is -0.454 e. The van der Waals surface area contributed by atoms with Crippen LogP contribution in [-0.4, -0.2) is 39.8 Å². The number of ether oxygens (including phenoxy) is 5. The minimum atomic E-state index is 0. The third-order valence-electron chi connectivity index (χ3n) is 3.86. The van der Waals surface area contributed by atoms with Crippen molar-refractivity contribution in [2.75, 3.05) is 39.8 Å². The fourth-order valence-corrected chi connectivity index (χ4v) is 2.53. The second-order valence-corrected chi connectivity index (χ2v) is 5.86. The van der Waals surface area contributed by atoms with E-state index in [2.05, 4.69) is 19.9 Å². The molecule has 5 nitrogen and oxygen atoms in total. The maximum atomic E-state index is 5.75. The Balaban J connectivity index is 0.00000312. The van der Waals surface area contributed by atoms with Gasteiger partial charge in [-0.1, -0.05) is 26.7 Å². The predicted octanol–water partition coefficient (Wildman–Crippen LogP) is 3.71. The Labute approximate surface area is 189 Å². The monoisotopic (exact) mass is 492 g/mol. The summed E-state index contributed by atoms with van der Waals surface area (Å²) in [5.74, 6) is 1.66. The molecular formula is C19H30O5ZnZr. The van der Waals surface area contributed by atoms with Crippen molar-refractivity contribution in [3.05, 3.63) is 23.3 Å². The fourth-order valence-electron chi connectivity index (χ4n) is 2.53. The van der Waals surface area contributed by atoms with Gasteiger partial charge in [-0.15, -0.1) is 0 Å². The van der Waals surface area contributed by atoms with Gasteiger partial charge in [-0.05, 0) is 36.1 Å². The third-order valence-corrected chi connectivity index (χ3v) is 3.86. The van der Waals surface area contributed by atoms with Crippen molar-refractivity contribution in [3.8, 4) is 11.5 Å². The maximum Gasteiger partial charge on any atom is 0.231 e. The Hall–Kier alpha value is 0.206. The molecule has 0 radical (unpaired) electrons. The predicted molar refractivity (Wildman–Crippen MR) is 92.8 cm³/mol. The van der Waals surface area contributed by atoms with Gasteiger partial charge in [0.15, 0.2) is 11.5 Å². The molecule has 0 saturated heterocycles. The molecule has 0 spiro atoms. The second kappa shape index (κ2) is 16.2. The van der Waals surface area contributed by atoms with E-state index in [9.17, 15) is 0 Å². The maximum absolute atomic E-state index is 5.75. The minimum absolute atomic E-state index is 0. The van der Waals surface area contributed by atoms with Crippen LogP contribution in [0.2, 0.25) is 0 Å². The molecule has 0 fully saturated rings. The van der Waals surface area contributed by atoms with Crippen LogP contribution in [0.4, 0.5) is 0 Å². The molecule has 0 bridgehead atoms. The zero-order valence-electron chi connectivity index (χ0n) is 16.2. The molecule has 0 amide bonds. The largest absolute Gasteiger partial charge is 0.454 e. The molecule has 0 unspecified atom stereocenters. The van der Waals surface area contributed by atoms with Crippen molar-refractivity contribution in [1.82, 2.24) is 0 Å². The second-order valence-electron chi connectivity index (χ2n) is 5.86. The van der Waals surface area contributed by atoms with Crippen molar-refractivity contribution in [1.29, 1.82) is 0 Å². The van der Waals surface area contributed by atoms with Gasteiger partial charge in [0.1, 0.15) is 0 Å². The molecule has 0 atom stereocenters. The van der Waals surface area contributed by atoms with Crippen LogP contribution < -0.4 is 9.47 Å². The Bertz CT molecular complexity index is 487. The van der Waals surface area contributed by atoms with Crippen molar-refractivity contribution in [2.24, 2.45) is 0 Å². The van der Waals surface area contributed by atoms with Gasteiger partial charge in [0.25, 0.3) is 0 Å². The van der Waals surface area contributed by atoms with Gasteiger partial charge < -0.3 is 23.7 Å². The number of unbranched alkanes of at least 4 members (excludes halogenated alkanes) is 1. The summed E-state index contributed by atoms with van der Waals surface area (Å²) in [7, 11) is 0. The molecule has 0 aliphatic carbocycles. The first-order valence-electron chi connectivity index (χ1n) is 8.99.